The van der Waals surface area contributed by atoms with Crippen LogP contribution in [0.4, 0.5) is 11.6 Å². The second-order valence-electron chi connectivity index (χ2n) is 5.29. The third-order valence-electron chi connectivity index (χ3n) is 2.94. The van der Waals surface area contributed by atoms with Gasteiger partial charge in [-0.15, -0.1) is 0 Å². The first-order valence-corrected chi connectivity index (χ1v) is 6.70. The molecule has 18 heavy (non-hydrogen) atoms. The smallest absolute Gasteiger partial charge is 0.132 e. The van der Waals surface area contributed by atoms with E-state index in [0.717, 1.165) is 43.5 Å². The number of anilines is 2. The van der Waals surface area contributed by atoms with Crippen molar-refractivity contribution in [2.24, 2.45) is 5.92 Å². The zero-order chi connectivity index (χ0) is 13.0. The van der Waals surface area contributed by atoms with Crippen molar-refractivity contribution < 1.29 is 0 Å². The van der Waals surface area contributed by atoms with Gasteiger partial charge in [0.2, 0.25) is 0 Å². The molecule has 2 rings (SSSR count). The predicted octanol–water partition coefficient (Wildman–Crippen LogP) is 1.63. The molecule has 5 nitrogen and oxygen atoms in total. The number of aryl methyl sites for hydroxylation is 1. The van der Waals surface area contributed by atoms with Gasteiger partial charge in [-0.2, -0.15) is 0 Å². The first-order chi connectivity index (χ1) is 8.63. The largest absolute Gasteiger partial charge is 0.370 e. The lowest BCUT2D eigenvalue weighted by molar-refractivity contribution is 0.686. The Labute approximate surface area is 109 Å². The minimum absolute atomic E-state index is 0.484. The molecule has 0 spiro atoms. The fourth-order valence-corrected chi connectivity index (χ4v) is 2.03. The summed E-state index contributed by atoms with van der Waals surface area (Å²) in [4.78, 5) is 8.84. The molecule has 1 unspecified atom stereocenters. The lowest BCUT2D eigenvalue weighted by atomic mass is 10.2. The molecule has 0 bridgehead atoms. The molecular weight excluding hydrogens is 226 g/mol. The van der Waals surface area contributed by atoms with Crippen LogP contribution in [0.25, 0.3) is 0 Å². The summed E-state index contributed by atoms with van der Waals surface area (Å²) in [6.07, 6.45) is 1.15. The number of nitrogens with one attached hydrogen (secondary N) is 3. The third kappa shape index (κ3) is 3.84. The van der Waals surface area contributed by atoms with Crippen LogP contribution >= 0.6 is 0 Å². The highest BCUT2D eigenvalue weighted by Gasteiger charge is 2.14. The summed E-state index contributed by atoms with van der Waals surface area (Å²) in [6.45, 7) is 9.33. The molecule has 0 amide bonds. The van der Waals surface area contributed by atoms with E-state index in [-0.39, 0.29) is 0 Å². The summed E-state index contributed by atoms with van der Waals surface area (Å²) >= 11 is 0. The molecule has 1 fully saturated rings. The highest BCUT2D eigenvalue weighted by Crippen LogP contribution is 2.14. The Morgan fingerprint density at radius 3 is 2.83 bits per heavy atom. The van der Waals surface area contributed by atoms with E-state index in [0.29, 0.717) is 12.0 Å². The topological polar surface area (TPSA) is 61.9 Å². The number of rotatable bonds is 5. The van der Waals surface area contributed by atoms with Crippen LogP contribution in [-0.2, 0) is 0 Å². The molecule has 5 heteroatoms. The van der Waals surface area contributed by atoms with Crippen molar-refractivity contribution in [1.82, 2.24) is 15.3 Å². The first kappa shape index (κ1) is 13.1. The van der Waals surface area contributed by atoms with Crippen molar-refractivity contribution >= 4 is 11.6 Å². The zero-order valence-electron chi connectivity index (χ0n) is 11.5. The van der Waals surface area contributed by atoms with E-state index in [1.165, 1.54) is 0 Å². The molecule has 100 valence electrons. The van der Waals surface area contributed by atoms with Gasteiger partial charge >= 0.3 is 0 Å². The predicted molar refractivity (Wildman–Crippen MR) is 75.0 cm³/mol. The van der Waals surface area contributed by atoms with Crippen molar-refractivity contribution in [3.05, 3.63) is 11.9 Å². The SMILES string of the molecule is Cc1nc(NCC(C)C)cc(NC2CCNC2)n1. The minimum atomic E-state index is 0.484. The van der Waals surface area contributed by atoms with Crippen LogP contribution in [0.3, 0.4) is 0 Å². The van der Waals surface area contributed by atoms with Gasteiger partial charge in [0.1, 0.15) is 17.5 Å². The Morgan fingerprint density at radius 1 is 1.39 bits per heavy atom. The Bertz CT molecular complexity index is 385. The second kappa shape index (κ2) is 6.00. The maximum Gasteiger partial charge on any atom is 0.132 e. The molecule has 1 aromatic rings. The van der Waals surface area contributed by atoms with Gasteiger partial charge in [-0.25, -0.2) is 9.97 Å². The summed E-state index contributed by atoms with van der Waals surface area (Å²) in [5.74, 6) is 3.24. The van der Waals surface area contributed by atoms with Gasteiger partial charge < -0.3 is 16.0 Å². The minimum Gasteiger partial charge on any atom is -0.370 e. The van der Waals surface area contributed by atoms with Crippen molar-refractivity contribution in [2.45, 2.75) is 33.2 Å². The standard InChI is InChI=1S/C13H23N5/c1-9(2)7-15-12-6-13(17-10(3)16-12)18-11-4-5-14-8-11/h6,9,11,14H,4-5,7-8H2,1-3H3,(H2,15,16,17,18). The zero-order valence-corrected chi connectivity index (χ0v) is 11.5. The van der Waals surface area contributed by atoms with Crippen LogP contribution < -0.4 is 16.0 Å². The monoisotopic (exact) mass is 249 g/mol. The van der Waals surface area contributed by atoms with Crippen molar-refractivity contribution in [3.8, 4) is 0 Å². The average Bonchev–Trinajstić information content (AvgIpc) is 2.78. The second-order valence-corrected chi connectivity index (χ2v) is 5.29. The Morgan fingerprint density at radius 2 is 2.17 bits per heavy atom. The van der Waals surface area contributed by atoms with Gasteiger partial charge in [0.05, 0.1) is 0 Å². The number of hydrogen-bond acceptors (Lipinski definition) is 5. The van der Waals surface area contributed by atoms with Gasteiger partial charge in [0.15, 0.2) is 0 Å². The van der Waals surface area contributed by atoms with E-state index in [2.05, 4.69) is 39.8 Å². The van der Waals surface area contributed by atoms with Crippen LogP contribution in [0, 0.1) is 12.8 Å². The molecule has 1 aliphatic rings. The fourth-order valence-electron chi connectivity index (χ4n) is 2.03. The quantitative estimate of drug-likeness (QED) is 0.740. The number of aromatic nitrogens is 2. The van der Waals surface area contributed by atoms with E-state index in [1.54, 1.807) is 0 Å². The van der Waals surface area contributed by atoms with Gasteiger partial charge in [0.25, 0.3) is 0 Å². The summed E-state index contributed by atoms with van der Waals surface area (Å²) in [5.41, 5.74) is 0. The summed E-state index contributed by atoms with van der Waals surface area (Å²) in [5, 5.41) is 10.1. The summed E-state index contributed by atoms with van der Waals surface area (Å²) in [6, 6.07) is 2.48. The lowest BCUT2D eigenvalue weighted by Gasteiger charge is -2.14. The van der Waals surface area contributed by atoms with Crippen molar-refractivity contribution in [1.29, 1.82) is 0 Å². The van der Waals surface area contributed by atoms with Crippen LogP contribution in [-0.4, -0.2) is 35.6 Å². The Balaban J connectivity index is 2.00. The maximum atomic E-state index is 4.43. The Kier molecular flexibility index (Phi) is 4.36. The molecular formula is C13H23N5. The van der Waals surface area contributed by atoms with Crippen LogP contribution in [0.2, 0.25) is 0 Å². The van der Waals surface area contributed by atoms with Gasteiger partial charge in [0, 0.05) is 25.2 Å². The van der Waals surface area contributed by atoms with E-state index < -0.39 is 0 Å². The molecule has 1 saturated heterocycles. The molecule has 2 heterocycles. The molecule has 0 aliphatic carbocycles. The first-order valence-electron chi connectivity index (χ1n) is 6.70. The highest BCUT2D eigenvalue weighted by atomic mass is 15.1. The molecule has 0 radical (unpaired) electrons. The van der Waals surface area contributed by atoms with Crippen molar-refractivity contribution in [3.63, 3.8) is 0 Å². The van der Waals surface area contributed by atoms with E-state index >= 15 is 0 Å². The normalized spacial score (nSPS) is 19.2. The molecule has 3 N–H and O–H groups in total. The van der Waals surface area contributed by atoms with E-state index in [4.69, 9.17) is 0 Å². The number of hydrogen-bond donors (Lipinski definition) is 3. The summed E-state index contributed by atoms with van der Waals surface area (Å²) < 4.78 is 0. The number of nitrogens with zero attached hydrogens (tertiary/aromatic N) is 2. The van der Waals surface area contributed by atoms with E-state index in [1.807, 2.05) is 13.0 Å². The molecule has 1 aromatic heterocycles. The molecule has 1 atom stereocenters. The van der Waals surface area contributed by atoms with Gasteiger partial charge in [-0.05, 0) is 25.8 Å². The molecule has 1 aliphatic heterocycles. The summed E-state index contributed by atoms with van der Waals surface area (Å²) in [7, 11) is 0. The maximum absolute atomic E-state index is 4.43. The molecule has 0 aromatic carbocycles. The van der Waals surface area contributed by atoms with Gasteiger partial charge in [-0.3, -0.25) is 0 Å². The Hall–Kier alpha value is -1.36. The molecule has 0 saturated carbocycles. The van der Waals surface area contributed by atoms with Crippen LogP contribution in [0.15, 0.2) is 6.07 Å². The van der Waals surface area contributed by atoms with Crippen molar-refractivity contribution in [2.75, 3.05) is 30.3 Å². The lowest BCUT2D eigenvalue weighted by Crippen LogP contribution is -2.23. The van der Waals surface area contributed by atoms with Gasteiger partial charge in [-0.1, -0.05) is 13.8 Å². The van der Waals surface area contributed by atoms with Crippen LogP contribution in [0.1, 0.15) is 26.1 Å². The van der Waals surface area contributed by atoms with Crippen LogP contribution in [0.5, 0.6) is 0 Å². The highest BCUT2D eigenvalue weighted by molar-refractivity contribution is 5.48. The third-order valence-corrected chi connectivity index (χ3v) is 2.94. The fraction of sp³-hybridized carbons (Fsp3) is 0.692. The van der Waals surface area contributed by atoms with E-state index in [9.17, 15) is 0 Å². The average molecular weight is 249 g/mol.